The van der Waals surface area contributed by atoms with Crippen molar-refractivity contribution in [2.45, 2.75) is 38.6 Å². The molecule has 0 aliphatic carbocycles. The lowest BCUT2D eigenvalue weighted by atomic mass is 10.1. The summed E-state index contributed by atoms with van der Waals surface area (Å²) in [6.45, 7) is 2.54. The monoisotopic (exact) mass is 278 g/mol. The summed E-state index contributed by atoms with van der Waals surface area (Å²) in [5.41, 5.74) is 6.99. The van der Waals surface area contributed by atoms with Crippen LogP contribution in [0.2, 0.25) is 0 Å². The van der Waals surface area contributed by atoms with E-state index in [9.17, 15) is 9.59 Å². The average molecular weight is 278 g/mol. The molecular formula is C15H22N2O3. The average Bonchev–Trinajstić information content (AvgIpc) is 2.44. The van der Waals surface area contributed by atoms with Gasteiger partial charge in [-0.25, -0.2) is 4.79 Å². The molecule has 0 heterocycles. The van der Waals surface area contributed by atoms with E-state index in [1.807, 2.05) is 19.1 Å². The standard InChI is InChI=1S/C15H22N2O3/c1-2-3-4-13(15(19)20)17-14(18)12-7-5-11(6-8-12)9-10-16/h5-8,13H,2-4,9-10,16H2,1H3,(H,17,18)(H,19,20). The molecule has 1 amide bonds. The number of carbonyl (C=O) groups excluding carboxylic acids is 1. The maximum absolute atomic E-state index is 12.0. The maximum Gasteiger partial charge on any atom is 0.326 e. The van der Waals surface area contributed by atoms with E-state index in [0.717, 1.165) is 24.8 Å². The summed E-state index contributed by atoms with van der Waals surface area (Å²) in [5.74, 6) is -1.35. The minimum Gasteiger partial charge on any atom is -0.480 e. The summed E-state index contributed by atoms with van der Waals surface area (Å²) < 4.78 is 0. The van der Waals surface area contributed by atoms with Crippen molar-refractivity contribution in [1.82, 2.24) is 5.32 Å². The molecule has 0 aromatic heterocycles. The smallest absolute Gasteiger partial charge is 0.326 e. The van der Waals surface area contributed by atoms with E-state index in [0.29, 0.717) is 18.5 Å². The quantitative estimate of drug-likeness (QED) is 0.673. The number of unbranched alkanes of at least 4 members (excludes halogenated alkanes) is 1. The Morgan fingerprint density at radius 3 is 2.45 bits per heavy atom. The minimum absolute atomic E-state index is 0.354. The molecule has 1 atom stereocenters. The van der Waals surface area contributed by atoms with Gasteiger partial charge in [0.2, 0.25) is 0 Å². The molecule has 0 spiro atoms. The van der Waals surface area contributed by atoms with E-state index in [4.69, 9.17) is 10.8 Å². The van der Waals surface area contributed by atoms with E-state index < -0.39 is 12.0 Å². The van der Waals surface area contributed by atoms with Crippen molar-refractivity contribution in [3.8, 4) is 0 Å². The molecule has 0 saturated heterocycles. The zero-order valence-electron chi connectivity index (χ0n) is 11.8. The Hall–Kier alpha value is -1.88. The zero-order chi connectivity index (χ0) is 15.0. The van der Waals surface area contributed by atoms with E-state index in [-0.39, 0.29) is 5.91 Å². The van der Waals surface area contributed by atoms with Gasteiger partial charge in [-0.1, -0.05) is 31.9 Å². The van der Waals surface area contributed by atoms with Gasteiger partial charge >= 0.3 is 5.97 Å². The maximum atomic E-state index is 12.0. The van der Waals surface area contributed by atoms with Crippen molar-refractivity contribution in [2.75, 3.05) is 6.54 Å². The predicted octanol–water partition coefficient (Wildman–Crippen LogP) is 1.56. The molecular weight excluding hydrogens is 256 g/mol. The SMILES string of the molecule is CCCCC(NC(=O)c1ccc(CCN)cc1)C(=O)O. The molecule has 20 heavy (non-hydrogen) atoms. The summed E-state index contributed by atoms with van der Waals surface area (Å²) in [6, 6.07) is 6.23. The molecule has 1 rings (SSSR count). The molecule has 1 aromatic rings. The van der Waals surface area contributed by atoms with Gasteiger partial charge in [0.1, 0.15) is 6.04 Å². The third-order valence-electron chi connectivity index (χ3n) is 3.10. The fourth-order valence-electron chi connectivity index (χ4n) is 1.90. The summed E-state index contributed by atoms with van der Waals surface area (Å²) in [4.78, 5) is 23.1. The molecule has 5 nitrogen and oxygen atoms in total. The number of nitrogens with two attached hydrogens (primary N) is 1. The third kappa shape index (κ3) is 5.01. The van der Waals surface area contributed by atoms with Crippen LogP contribution in [0.25, 0.3) is 0 Å². The fraction of sp³-hybridized carbons (Fsp3) is 0.467. The molecule has 1 unspecified atom stereocenters. The summed E-state index contributed by atoms with van der Waals surface area (Å²) in [5, 5.41) is 11.6. The van der Waals surface area contributed by atoms with Gasteiger partial charge < -0.3 is 16.2 Å². The van der Waals surface area contributed by atoms with Gasteiger partial charge in [0, 0.05) is 5.56 Å². The number of nitrogens with one attached hydrogen (secondary N) is 1. The number of hydrogen-bond acceptors (Lipinski definition) is 3. The van der Waals surface area contributed by atoms with Crippen molar-refractivity contribution in [1.29, 1.82) is 0 Å². The number of carboxylic acids is 1. The summed E-state index contributed by atoms with van der Waals surface area (Å²) in [6.07, 6.45) is 2.87. The highest BCUT2D eigenvalue weighted by Crippen LogP contribution is 2.07. The van der Waals surface area contributed by atoms with Crippen LogP contribution in [0.5, 0.6) is 0 Å². The topological polar surface area (TPSA) is 92.4 Å². The van der Waals surface area contributed by atoms with Gasteiger partial charge in [-0.15, -0.1) is 0 Å². The first-order valence-electron chi connectivity index (χ1n) is 6.91. The predicted molar refractivity (Wildman–Crippen MR) is 77.6 cm³/mol. The van der Waals surface area contributed by atoms with Crippen molar-refractivity contribution >= 4 is 11.9 Å². The first-order valence-corrected chi connectivity index (χ1v) is 6.91. The second-order valence-corrected chi connectivity index (χ2v) is 4.74. The zero-order valence-corrected chi connectivity index (χ0v) is 11.8. The second kappa shape index (κ2) is 8.32. The van der Waals surface area contributed by atoms with Crippen molar-refractivity contribution in [3.05, 3.63) is 35.4 Å². The van der Waals surface area contributed by atoms with Crippen LogP contribution in [-0.2, 0) is 11.2 Å². The molecule has 110 valence electrons. The van der Waals surface area contributed by atoms with Crippen molar-refractivity contribution < 1.29 is 14.7 Å². The van der Waals surface area contributed by atoms with Gasteiger partial charge in [0.25, 0.3) is 5.91 Å². The van der Waals surface area contributed by atoms with E-state index >= 15 is 0 Å². The number of aliphatic carboxylic acids is 1. The van der Waals surface area contributed by atoms with Crippen LogP contribution < -0.4 is 11.1 Å². The minimum atomic E-state index is -0.994. The fourth-order valence-corrected chi connectivity index (χ4v) is 1.90. The highest BCUT2D eigenvalue weighted by Gasteiger charge is 2.19. The van der Waals surface area contributed by atoms with Crippen LogP contribution in [0, 0.1) is 0 Å². The van der Waals surface area contributed by atoms with E-state index in [1.54, 1.807) is 12.1 Å². The lowest BCUT2D eigenvalue weighted by Crippen LogP contribution is -2.40. The van der Waals surface area contributed by atoms with E-state index in [1.165, 1.54) is 0 Å². The molecule has 0 radical (unpaired) electrons. The highest BCUT2D eigenvalue weighted by atomic mass is 16.4. The normalized spacial score (nSPS) is 11.9. The number of rotatable bonds is 8. The van der Waals surface area contributed by atoms with Crippen molar-refractivity contribution in [2.24, 2.45) is 5.73 Å². The molecule has 0 aliphatic rings. The van der Waals surface area contributed by atoms with Gasteiger partial charge in [-0.05, 0) is 37.1 Å². The van der Waals surface area contributed by atoms with Gasteiger partial charge in [-0.3, -0.25) is 4.79 Å². The molecule has 4 N–H and O–H groups in total. The van der Waals surface area contributed by atoms with Crippen LogP contribution in [0.15, 0.2) is 24.3 Å². The number of hydrogen-bond donors (Lipinski definition) is 3. The molecule has 0 aliphatic heterocycles. The summed E-state index contributed by atoms with van der Waals surface area (Å²) in [7, 11) is 0. The Kier molecular flexibility index (Phi) is 6.73. The number of carbonyl (C=O) groups is 2. The van der Waals surface area contributed by atoms with Crippen LogP contribution in [0.1, 0.15) is 42.1 Å². The van der Waals surface area contributed by atoms with Crippen LogP contribution in [0.4, 0.5) is 0 Å². The number of benzene rings is 1. The van der Waals surface area contributed by atoms with Gasteiger partial charge in [0.15, 0.2) is 0 Å². The van der Waals surface area contributed by atoms with Gasteiger partial charge in [0.05, 0.1) is 0 Å². The van der Waals surface area contributed by atoms with Crippen LogP contribution in [0.3, 0.4) is 0 Å². The first kappa shape index (κ1) is 16.2. The number of carboxylic acid groups (broad SMARTS) is 1. The molecule has 5 heteroatoms. The lowest BCUT2D eigenvalue weighted by molar-refractivity contribution is -0.139. The Morgan fingerprint density at radius 1 is 1.30 bits per heavy atom. The Bertz CT molecular complexity index is 443. The Labute approximate surface area is 119 Å². The molecule has 0 fully saturated rings. The highest BCUT2D eigenvalue weighted by molar-refractivity contribution is 5.96. The Balaban J connectivity index is 2.65. The lowest BCUT2D eigenvalue weighted by Gasteiger charge is -2.14. The Morgan fingerprint density at radius 2 is 1.95 bits per heavy atom. The van der Waals surface area contributed by atoms with Crippen LogP contribution in [-0.4, -0.2) is 29.6 Å². The number of amides is 1. The summed E-state index contributed by atoms with van der Waals surface area (Å²) >= 11 is 0. The largest absolute Gasteiger partial charge is 0.480 e. The molecule has 1 aromatic carbocycles. The molecule has 0 bridgehead atoms. The molecule has 0 saturated carbocycles. The third-order valence-corrected chi connectivity index (χ3v) is 3.10. The first-order chi connectivity index (χ1) is 9.58. The van der Waals surface area contributed by atoms with Crippen molar-refractivity contribution in [3.63, 3.8) is 0 Å². The second-order valence-electron chi connectivity index (χ2n) is 4.74. The van der Waals surface area contributed by atoms with Crippen LogP contribution >= 0.6 is 0 Å². The van der Waals surface area contributed by atoms with Gasteiger partial charge in [-0.2, -0.15) is 0 Å². The van der Waals surface area contributed by atoms with E-state index in [2.05, 4.69) is 5.32 Å².